The van der Waals surface area contributed by atoms with E-state index in [0.29, 0.717) is 10.2 Å². The molecule has 4 heteroatoms. The van der Waals surface area contributed by atoms with Crippen LogP contribution in [-0.4, -0.2) is 39.5 Å². The largest absolute Gasteiger partial charge is 0.396 e. The molecule has 100 valence electrons. The van der Waals surface area contributed by atoms with E-state index in [4.69, 9.17) is 9.84 Å². The van der Waals surface area contributed by atoms with E-state index in [9.17, 15) is 0 Å². The van der Waals surface area contributed by atoms with Crippen molar-refractivity contribution in [1.82, 2.24) is 0 Å². The number of ether oxygens (including phenoxy) is 1. The fraction of sp³-hybridized carbons (Fsp3) is 1.00. The number of thioether (sulfide) groups is 2. The number of rotatable bonds is 3. The van der Waals surface area contributed by atoms with Gasteiger partial charge in [0.05, 0.1) is 16.3 Å². The number of hydrogen-bond acceptors (Lipinski definition) is 4. The van der Waals surface area contributed by atoms with Crippen LogP contribution in [-0.2, 0) is 4.74 Å². The summed E-state index contributed by atoms with van der Waals surface area (Å²) in [4.78, 5) is 0. The van der Waals surface area contributed by atoms with Crippen LogP contribution in [0.25, 0.3) is 0 Å². The summed E-state index contributed by atoms with van der Waals surface area (Å²) < 4.78 is 6.56. The second-order valence-electron chi connectivity index (χ2n) is 5.00. The minimum Gasteiger partial charge on any atom is -0.396 e. The second kappa shape index (κ2) is 6.69. The third-order valence-electron chi connectivity index (χ3n) is 3.70. The quantitative estimate of drug-likeness (QED) is 0.856. The van der Waals surface area contributed by atoms with Crippen LogP contribution in [0.1, 0.15) is 45.4 Å². The first-order valence-corrected chi connectivity index (χ1v) is 8.79. The Labute approximate surface area is 113 Å². The van der Waals surface area contributed by atoms with Crippen molar-refractivity contribution in [3.63, 3.8) is 0 Å². The van der Waals surface area contributed by atoms with Crippen LogP contribution in [0.4, 0.5) is 0 Å². The Morgan fingerprint density at radius 2 is 2.06 bits per heavy atom. The third kappa shape index (κ3) is 3.79. The van der Waals surface area contributed by atoms with Gasteiger partial charge in [0.15, 0.2) is 0 Å². The van der Waals surface area contributed by atoms with Crippen molar-refractivity contribution >= 4 is 23.5 Å². The molecule has 2 fully saturated rings. The monoisotopic (exact) mass is 276 g/mol. The van der Waals surface area contributed by atoms with Crippen LogP contribution in [0.15, 0.2) is 0 Å². The van der Waals surface area contributed by atoms with Gasteiger partial charge >= 0.3 is 0 Å². The van der Waals surface area contributed by atoms with Gasteiger partial charge < -0.3 is 9.84 Å². The lowest BCUT2D eigenvalue weighted by atomic mass is 10.1. The predicted molar refractivity (Wildman–Crippen MR) is 76.8 cm³/mol. The topological polar surface area (TPSA) is 29.5 Å². The van der Waals surface area contributed by atoms with E-state index in [1.807, 2.05) is 0 Å². The van der Waals surface area contributed by atoms with Crippen LogP contribution in [0.5, 0.6) is 0 Å². The maximum absolute atomic E-state index is 9.08. The molecule has 0 aromatic rings. The van der Waals surface area contributed by atoms with Gasteiger partial charge in [-0.15, -0.1) is 23.5 Å². The second-order valence-corrected chi connectivity index (χ2v) is 8.22. The first-order valence-electron chi connectivity index (χ1n) is 6.82. The molecule has 0 aromatic heterocycles. The molecule has 2 heterocycles. The molecule has 0 aromatic carbocycles. The molecular formula is C13H24O2S2. The van der Waals surface area contributed by atoms with Crippen molar-refractivity contribution in [3.05, 3.63) is 0 Å². The Hall–Kier alpha value is 0.620. The maximum Gasteiger partial charge on any atom is 0.0636 e. The molecule has 0 unspecified atom stereocenters. The standard InChI is InChI=1S/C13H24O2S2/c1-2-11-10-13(16-8-3-9-17-13)6-4-12(15-11)5-7-14/h11-12,14H,2-10H2,1H3/t11-,12+/m1/s1. The highest BCUT2D eigenvalue weighted by molar-refractivity contribution is 8.18. The molecule has 0 bridgehead atoms. The van der Waals surface area contributed by atoms with Crippen molar-refractivity contribution in [3.8, 4) is 0 Å². The summed E-state index contributed by atoms with van der Waals surface area (Å²) in [5, 5.41) is 9.08. The predicted octanol–water partition coefficient (Wildman–Crippen LogP) is 3.28. The number of aliphatic hydroxyl groups excluding tert-OH is 1. The van der Waals surface area contributed by atoms with Crippen LogP contribution in [0.2, 0.25) is 0 Å². The lowest BCUT2D eigenvalue weighted by Crippen LogP contribution is -2.29. The molecule has 0 radical (unpaired) electrons. The fourth-order valence-electron chi connectivity index (χ4n) is 2.69. The number of aliphatic hydroxyl groups is 1. The summed E-state index contributed by atoms with van der Waals surface area (Å²) in [5.41, 5.74) is 0. The summed E-state index contributed by atoms with van der Waals surface area (Å²) in [6, 6.07) is 0. The number of hydrogen-bond donors (Lipinski definition) is 1. The Morgan fingerprint density at radius 1 is 1.29 bits per heavy atom. The van der Waals surface area contributed by atoms with E-state index in [2.05, 4.69) is 30.4 Å². The SMILES string of the molecule is CC[C@@H]1CC2(CC[C@@H](CCO)O1)SCCCS2. The first-order chi connectivity index (χ1) is 8.28. The zero-order chi connectivity index (χ0) is 12.1. The van der Waals surface area contributed by atoms with Gasteiger partial charge in [0.25, 0.3) is 0 Å². The smallest absolute Gasteiger partial charge is 0.0636 e. The Morgan fingerprint density at radius 3 is 2.71 bits per heavy atom. The zero-order valence-corrected chi connectivity index (χ0v) is 12.3. The highest BCUT2D eigenvalue weighted by Crippen LogP contribution is 2.51. The van der Waals surface area contributed by atoms with Crippen molar-refractivity contribution < 1.29 is 9.84 Å². The minimum atomic E-state index is 0.258. The highest BCUT2D eigenvalue weighted by Gasteiger charge is 2.39. The summed E-state index contributed by atoms with van der Waals surface area (Å²) in [6.45, 7) is 2.48. The Balaban J connectivity index is 2.00. The molecule has 17 heavy (non-hydrogen) atoms. The van der Waals surface area contributed by atoms with E-state index in [-0.39, 0.29) is 12.7 Å². The van der Waals surface area contributed by atoms with Crippen LogP contribution in [0, 0.1) is 0 Å². The maximum atomic E-state index is 9.08. The van der Waals surface area contributed by atoms with Gasteiger partial charge in [-0.25, -0.2) is 0 Å². The molecule has 0 amide bonds. The van der Waals surface area contributed by atoms with Crippen LogP contribution in [0.3, 0.4) is 0 Å². The van der Waals surface area contributed by atoms with E-state index in [1.165, 1.54) is 30.8 Å². The average Bonchev–Trinajstić information content (AvgIpc) is 2.52. The molecule has 1 N–H and O–H groups in total. The van der Waals surface area contributed by atoms with Crippen LogP contribution >= 0.6 is 23.5 Å². The first kappa shape index (κ1) is 14.0. The van der Waals surface area contributed by atoms with Gasteiger partial charge in [0, 0.05) is 6.61 Å². The molecule has 2 rings (SSSR count). The minimum absolute atomic E-state index is 0.258. The van der Waals surface area contributed by atoms with E-state index >= 15 is 0 Å². The van der Waals surface area contributed by atoms with Crippen molar-refractivity contribution in [2.75, 3.05) is 18.1 Å². The molecule has 0 saturated carbocycles. The lowest BCUT2D eigenvalue weighted by Gasteiger charge is -2.36. The molecule has 2 atom stereocenters. The lowest BCUT2D eigenvalue weighted by molar-refractivity contribution is -0.0206. The van der Waals surface area contributed by atoms with E-state index in [1.54, 1.807) is 0 Å². The Kier molecular flexibility index (Phi) is 5.52. The molecular weight excluding hydrogens is 252 g/mol. The summed E-state index contributed by atoms with van der Waals surface area (Å²) in [7, 11) is 0. The van der Waals surface area contributed by atoms with E-state index < -0.39 is 0 Å². The molecule has 1 spiro atoms. The zero-order valence-electron chi connectivity index (χ0n) is 10.7. The van der Waals surface area contributed by atoms with Crippen molar-refractivity contribution in [2.45, 2.75) is 61.7 Å². The average molecular weight is 276 g/mol. The summed E-state index contributed by atoms with van der Waals surface area (Å²) >= 11 is 4.32. The summed E-state index contributed by atoms with van der Waals surface area (Å²) in [5.74, 6) is 2.63. The van der Waals surface area contributed by atoms with Gasteiger partial charge in [-0.05, 0) is 50.0 Å². The van der Waals surface area contributed by atoms with Gasteiger partial charge in [-0.2, -0.15) is 0 Å². The van der Waals surface area contributed by atoms with Gasteiger partial charge in [-0.3, -0.25) is 0 Å². The third-order valence-corrected chi connectivity index (χ3v) is 7.18. The highest BCUT2D eigenvalue weighted by atomic mass is 32.2. The van der Waals surface area contributed by atoms with Crippen molar-refractivity contribution in [2.24, 2.45) is 0 Å². The fourth-order valence-corrected chi connectivity index (χ4v) is 6.16. The van der Waals surface area contributed by atoms with Gasteiger partial charge in [0.1, 0.15) is 0 Å². The van der Waals surface area contributed by atoms with Gasteiger partial charge in [0.2, 0.25) is 0 Å². The van der Waals surface area contributed by atoms with Gasteiger partial charge in [-0.1, -0.05) is 6.92 Å². The molecule has 2 aliphatic rings. The normalized spacial score (nSPS) is 33.5. The molecule has 2 saturated heterocycles. The Bertz CT molecular complexity index is 229. The molecule has 2 nitrogen and oxygen atoms in total. The summed E-state index contributed by atoms with van der Waals surface area (Å²) in [6.07, 6.45) is 7.52. The van der Waals surface area contributed by atoms with Crippen molar-refractivity contribution in [1.29, 1.82) is 0 Å². The van der Waals surface area contributed by atoms with E-state index in [0.717, 1.165) is 19.3 Å². The molecule has 2 aliphatic heterocycles. The molecule has 0 aliphatic carbocycles. The van der Waals surface area contributed by atoms with Crippen LogP contribution < -0.4 is 0 Å².